The van der Waals surface area contributed by atoms with Crippen molar-refractivity contribution in [2.75, 3.05) is 36.8 Å². The molecule has 3 amide bonds. The first-order valence-corrected chi connectivity index (χ1v) is 10.6. The first-order chi connectivity index (χ1) is 14.4. The summed E-state index contributed by atoms with van der Waals surface area (Å²) < 4.78 is 0. The second-order valence-corrected chi connectivity index (χ2v) is 8.09. The van der Waals surface area contributed by atoms with E-state index in [9.17, 15) is 14.4 Å². The number of allylic oxidation sites excluding steroid dienone is 3. The summed E-state index contributed by atoms with van der Waals surface area (Å²) in [5, 5.41) is 5.43. The Balaban J connectivity index is 1.55. The molecule has 0 aliphatic carbocycles. The van der Waals surface area contributed by atoms with Crippen LogP contribution in [-0.4, -0.2) is 59.1 Å². The Morgan fingerprint density at radius 3 is 2.53 bits per heavy atom. The Kier molecular flexibility index (Phi) is 7.15. The standard InChI is InChI=1S/C22H27ClN4O3/c1-3-18(7-4-15(2)23)26-10-12-27(13-11-26)22(30)21(29)24-17-6-8-19-16(14-17)5-9-20(28)25-19/h3-4,6-8,14-15H,5,9-13H2,1-2H3,(H,24,29)(H,25,28)/b7-4-,18-3+. The summed E-state index contributed by atoms with van der Waals surface area (Å²) in [7, 11) is 0. The average molecular weight is 431 g/mol. The molecule has 1 aromatic carbocycles. The van der Waals surface area contributed by atoms with E-state index >= 15 is 0 Å². The van der Waals surface area contributed by atoms with Crippen molar-refractivity contribution in [1.29, 1.82) is 0 Å². The van der Waals surface area contributed by atoms with Gasteiger partial charge in [-0.15, -0.1) is 11.6 Å². The van der Waals surface area contributed by atoms with Gasteiger partial charge in [0.2, 0.25) is 5.91 Å². The molecule has 1 atom stereocenters. The van der Waals surface area contributed by atoms with Crippen LogP contribution in [0.4, 0.5) is 11.4 Å². The molecule has 2 aliphatic heterocycles. The van der Waals surface area contributed by atoms with Crippen LogP contribution in [0.25, 0.3) is 0 Å². The Labute approximate surface area is 181 Å². The normalized spacial score (nSPS) is 18.1. The lowest BCUT2D eigenvalue weighted by Crippen LogP contribution is -2.51. The minimum atomic E-state index is -0.648. The lowest BCUT2D eigenvalue weighted by Gasteiger charge is -2.36. The smallest absolute Gasteiger partial charge is 0.313 e. The van der Waals surface area contributed by atoms with Crippen molar-refractivity contribution in [3.05, 3.63) is 47.7 Å². The molecular weight excluding hydrogens is 404 g/mol. The van der Waals surface area contributed by atoms with Crippen LogP contribution in [0.2, 0.25) is 0 Å². The molecule has 0 bridgehead atoms. The highest BCUT2D eigenvalue weighted by Crippen LogP contribution is 2.25. The zero-order chi connectivity index (χ0) is 21.7. The van der Waals surface area contributed by atoms with Crippen molar-refractivity contribution in [1.82, 2.24) is 9.80 Å². The number of nitrogens with one attached hydrogen (secondary N) is 2. The zero-order valence-electron chi connectivity index (χ0n) is 17.3. The van der Waals surface area contributed by atoms with Crippen LogP contribution in [0.3, 0.4) is 0 Å². The quantitative estimate of drug-likeness (QED) is 0.437. The van der Waals surface area contributed by atoms with Crippen LogP contribution in [0.1, 0.15) is 25.8 Å². The van der Waals surface area contributed by atoms with Gasteiger partial charge >= 0.3 is 11.8 Å². The third-order valence-electron chi connectivity index (χ3n) is 5.21. The largest absolute Gasteiger partial charge is 0.368 e. The molecule has 30 heavy (non-hydrogen) atoms. The molecule has 1 aromatic rings. The highest BCUT2D eigenvalue weighted by atomic mass is 35.5. The fraction of sp³-hybridized carbons (Fsp3) is 0.409. The maximum absolute atomic E-state index is 12.6. The van der Waals surface area contributed by atoms with Crippen molar-refractivity contribution < 1.29 is 14.4 Å². The molecule has 0 saturated carbocycles. The molecule has 3 rings (SSSR count). The molecule has 160 valence electrons. The van der Waals surface area contributed by atoms with Crippen molar-refractivity contribution in [3.8, 4) is 0 Å². The van der Waals surface area contributed by atoms with Gasteiger partial charge in [0.1, 0.15) is 0 Å². The number of rotatable bonds is 4. The fourth-order valence-electron chi connectivity index (χ4n) is 3.57. The summed E-state index contributed by atoms with van der Waals surface area (Å²) in [6.07, 6.45) is 6.95. The SMILES string of the molecule is C/C=C(\C=C/C(C)Cl)N1CCN(C(=O)C(=O)Nc2ccc3c(c2)CCC(=O)N3)CC1. The van der Waals surface area contributed by atoms with Crippen molar-refractivity contribution >= 4 is 40.7 Å². The first-order valence-electron chi connectivity index (χ1n) is 10.1. The number of piperazine rings is 1. The molecule has 1 unspecified atom stereocenters. The number of benzene rings is 1. The van der Waals surface area contributed by atoms with E-state index < -0.39 is 11.8 Å². The highest BCUT2D eigenvalue weighted by molar-refractivity contribution is 6.39. The molecule has 2 aliphatic rings. The maximum atomic E-state index is 12.6. The van der Waals surface area contributed by atoms with Gasteiger partial charge in [-0.1, -0.05) is 12.2 Å². The summed E-state index contributed by atoms with van der Waals surface area (Å²) in [5.41, 5.74) is 3.31. The molecular formula is C22H27ClN4O3. The number of hydrogen-bond acceptors (Lipinski definition) is 4. The van der Waals surface area contributed by atoms with Crippen LogP contribution in [-0.2, 0) is 20.8 Å². The molecule has 1 saturated heterocycles. The van der Waals surface area contributed by atoms with Crippen LogP contribution in [0.15, 0.2) is 42.1 Å². The second-order valence-electron chi connectivity index (χ2n) is 7.40. The van der Waals surface area contributed by atoms with Gasteiger partial charge < -0.3 is 20.4 Å². The van der Waals surface area contributed by atoms with E-state index in [2.05, 4.69) is 15.5 Å². The number of aryl methyl sites for hydroxylation is 1. The minimum Gasteiger partial charge on any atom is -0.368 e. The lowest BCUT2D eigenvalue weighted by atomic mass is 10.0. The van der Waals surface area contributed by atoms with E-state index in [1.807, 2.05) is 32.1 Å². The van der Waals surface area contributed by atoms with E-state index in [4.69, 9.17) is 11.6 Å². The van der Waals surface area contributed by atoms with Crippen LogP contribution in [0, 0.1) is 0 Å². The molecule has 2 heterocycles. The van der Waals surface area contributed by atoms with Gasteiger partial charge in [-0.3, -0.25) is 14.4 Å². The number of alkyl halides is 1. The topological polar surface area (TPSA) is 81.8 Å². The van der Waals surface area contributed by atoms with Crippen molar-refractivity contribution in [2.24, 2.45) is 0 Å². The lowest BCUT2D eigenvalue weighted by molar-refractivity contribution is -0.144. The van der Waals surface area contributed by atoms with Gasteiger partial charge in [0.25, 0.3) is 0 Å². The summed E-state index contributed by atoms with van der Waals surface area (Å²) in [6, 6.07) is 5.25. The second kappa shape index (κ2) is 9.80. The van der Waals surface area contributed by atoms with Gasteiger partial charge in [0.05, 0.1) is 0 Å². The molecule has 2 N–H and O–H groups in total. The Morgan fingerprint density at radius 2 is 1.87 bits per heavy atom. The van der Waals surface area contributed by atoms with E-state index in [0.717, 1.165) is 16.9 Å². The van der Waals surface area contributed by atoms with Crippen molar-refractivity contribution in [3.63, 3.8) is 0 Å². The highest BCUT2D eigenvalue weighted by Gasteiger charge is 2.26. The summed E-state index contributed by atoms with van der Waals surface area (Å²) in [4.78, 5) is 40.3. The first kappa shape index (κ1) is 21.9. The Bertz CT molecular complexity index is 886. The molecule has 1 fully saturated rings. The van der Waals surface area contributed by atoms with Gasteiger partial charge in [-0.05, 0) is 50.1 Å². The van der Waals surface area contributed by atoms with Crippen molar-refractivity contribution in [2.45, 2.75) is 32.1 Å². The van der Waals surface area contributed by atoms with Gasteiger partial charge in [-0.2, -0.15) is 0 Å². The summed E-state index contributed by atoms with van der Waals surface area (Å²) >= 11 is 5.98. The van der Waals surface area contributed by atoms with E-state index in [1.165, 1.54) is 0 Å². The number of hydrogen-bond donors (Lipinski definition) is 2. The predicted octanol–water partition coefficient (Wildman–Crippen LogP) is 2.74. The van der Waals surface area contributed by atoms with Gasteiger partial charge in [0, 0.05) is 55.0 Å². The number of amides is 3. The average Bonchev–Trinajstić information content (AvgIpc) is 2.74. The van der Waals surface area contributed by atoms with Crippen LogP contribution < -0.4 is 10.6 Å². The van der Waals surface area contributed by atoms with E-state index in [-0.39, 0.29) is 11.3 Å². The molecule has 0 radical (unpaired) electrons. The molecule has 7 nitrogen and oxygen atoms in total. The van der Waals surface area contributed by atoms with Crippen LogP contribution in [0.5, 0.6) is 0 Å². The third kappa shape index (κ3) is 5.42. The fourth-order valence-corrected chi connectivity index (χ4v) is 3.65. The van der Waals surface area contributed by atoms with Gasteiger partial charge in [-0.25, -0.2) is 0 Å². The van der Waals surface area contributed by atoms with E-state index in [0.29, 0.717) is 44.7 Å². The van der Waals surface area contributed by atoms with Crippen LogP contribution >= 0.6 is 11.6 Å². The molecule has 8 heteroatoms. The molecule has 0 aromatic heterocycles. The van der Waals surface area contributed by atoms with E-state index in [1.54, 1.807) is 23.1 Å². The zero-order valence-corrected chi connectivity index (χ0v) is 18.0. The number of carbonyl (C=O) groups excluding carboxylic acids is 3. The third-order valence-corrected chi connectivity index (χ3v) is 5.36. The summed E-state index contributed by atoms with van der Waals surface area (Å²) in [6.45, 7) is 6.12. The summed E-state index contributed by atoms with van der Waals surface area (Å²) in [5.74, 6) is -1.19. The van der Waals surface area contributed by atoms with Gasteiger partial charge in [0.15, 0.2) is 0 Å². The number of carbonyl (C=O) groups is 3. The monoisotopic (exact) mass is 430 g/mol. The number of fused-ring (bicyclic) bond motifs is 1. The maximum Gasteiger partial charge on any atom is 0.313 e. The number of nitrogens with zero attached hydrogens (tertiary/aromatic N) is 2. The number of anilines is 2. The number of halogens is 1. The Hall–Kier alpha value is -2.80. The minimum absolute atomic E-state index is 0.0117. The Morgan fingerprint density at radius 1 is 1.17 bits per heavy atom. The predicted molar refractivity (Wildman–Crippen MR) is 118 cm³/mol. The molecule has 0 spiro atoms.